The van der Waals surface area contributed by atoms with Gasteiger partial charge in [-0.25, -0.2) is 0 Å². The molecular formula is C12H18N4O2. The van der Waals surface area contributed by atoms with Crippen LogP contribution in [0.1, 0.15) is 18.6 Å². The summed E-state index contributed by atoms with van der Waals surface area (Å²) in [6.45, 7) is 0.606. The number of hydrogen-bond donors (Lipinski definition) is 3. The van der Waals surface area contributed by atoms with Gasteiger partial charge in [0, 0.05) is 13.1 Å². The van der Waals surface area contributed by atoms with Crippen molar-refractivity contribution in [3.8, 4) is 0 Å². The number of furan rings is 1. The van der Waals surface area contributed by atoms with E-state index >= 15 is 0 Å². The maximum absolute atomic E-state index is 11.6. The molecule has 2 rings (SSSR count). The topological polar surface area (TPSA) is 78.7 Å². The summed E-state index contributed by atoms with van der Waals surface area (Å²) in [4.78, 5) is 15.6. The first kappa shape index (κ1) is 12.5. The molecule has 0 radical (unpaired) electrons. The number of amides is 1. The Labute approximate surface area is 106 Å². The molecule has 1 fully saturated rings. The molecule has 0 saturated heterocycles. The largest absolute Gasteiger partial charge is 0.467 e. The van der Waals surface area contributed by atoms with Crippen molar-refractivity contribution in [2.75, 3.05) is 13.6 Å². The van der Waals surface area contributed by atoms with Crippen molar-refractivity contribution in [2.45, 2.75) is 25.4 Å². The quantitative estimate of drug-likeness (QED) is 0.516. The van der Waals surface area contributed by atoms with Crippen LogP contribution in [0.25, 0.3) is 0 Å². The summed E-state index contributed by atoms with van der Waals surface area (Å²) in [5.41, 5.74) is 0. The highest BCUT2D eigenvalue weighted by molar-refractivity contribution is 5.86. The van der Waals surface area contributed by atoms with E-state index in [1.54, 1.807) is 19.4 Å². The minimum Gasteiger partial charge on any atom is -0.467 e. The zero-order chi connectivity index (χ0) is 12.8. The van der Waals surface area contributed by atoms with E-state index in [0.29, 0.717) is 18.5 Å². The lowest BCUT2D eigenvalue weighted by atomic mass is 10.4. The molecule has 1 saturated carbocycles. The van der Waals surface area contributed by atoms with E-state index in [2.05, 4.69) is 20.9 Å². The second-order valence-corrected chi connectivity index (χ2v) is 4.20. The standard InChI is InChI=1S/C12H18N4O2/c1-13-12(16-9-4-5-9)15-8-11(17)14-7-10-3-2-6-18-10/h2-3,6,9H,4-5,7-8H2,1H3,(H,14,17)(H2,13,15,16). The molecule has 1 amide bonds. The van der Waals surface area contributed by atoms with E-state index in [9.17, 15) is 4.79 Å². The maximum Gasteiger partial charge on any atom is 0.239 e. The fourth-order valence-electron chi connectivity index (χ4n) is 1.44. The molecule has 1 aliphatic rings. The summed E-state index contributed by atoms with van der Waals surface area (Å²) < 4.78 is 5.12. The molecular weight excluding hydrogens is 232 g/mol. The van der Waals surface area contributed by atoms with Gasteiger partial charge in [0.1, 0.15) is 5.76 Å². The lowest BCUT2D eigenvalue weighted by Crippen LogP contribution is -2.43. The van der Waals surface area contributed by atoms with E-state index in [4.69, 9.17) is 4.42 Å². The molecule has 6 nitrogen and oxygen atoms in total. The zero-order valence-corrected chi connectivity index (χ0v) is 10.4. The molecule has 1 aromatic rings. The van der Waals surface area contributed by atoms with Gasteiger partial charge in [-0.05, 0) is 25.0 Å². The van der Waals surface area contributed by atoms with Crippen LogP contribution in [-0.2, 0) is 11.3 Å². The number of guanidine groups is 1. The molecule has 18 heavy (non-hydrogen) atoms. The van der Waals surface area contributed by atoms with Gasteiger partial charge in [0.2, 0.25) is 5.91 Å². The van der Waals surface area contributed by atoms with Crippen molar-refractivity contribution >= 4 is 11.9 Å². The Morgan fingerprint density at radius 2 is 2.33 bits per heavy atom. The minimum atomic E-state index is -0.0925. The number of aliphatic imine (C=N–C) groups is 1. The van der Waals surface area contributed by atoms with Gasteiger partial charge in [0.25, 0.3) is 0 Å². The molecule has 1 aromatic heterocycles. The first-order valence-corrected chi connectivity index (χ1v) is 6.04. The van der Waals surface area contributed by atoms with E-state index in [0.717, 1.165) is 5.76 Å². The monoisotopic (exact) mass is 250 g/mol. The minimum absolute atomic E-state index is 0.0925. The third-order valence-corrected chi connectivity index (χ3v) is 2.60. The molecule has 0 aromatic carbocycles. The van der Waals surface area contributed by atoms with Crippen molar-refractivity contribution < 1.29 is 9.21 Å². The Balaban J connectivity index is 1.64. The molecule has 0 atom stereocenters. The van der Waals surface area contributed by atoms with Crippen LogP contribution < -0.4 is 16.0 Å². The van der Waals surface area contributed by atoms with Crippen LogP contribution in [0.2, 0.25) is 0 Å². The first-order valence-electron chi connectivity index (χ1n) is 6.04. The molecule has 1 aliphatic carbocycles. The Morgan fingerprint density at radius 1 is 1.50 bits per heavy atom. The molecule has 0 unspecified atom stereocenters. The number of nitrogens with zero attached hydrogens (tertiary/aromatic N) is 1. The zero-order valence-electron chi connectivity index (χ0n) is 10.4. The highest BCUT2D eigenvalue weighted by Crippen LogP contribution is 2.18. The third kappa shape index (κ3) is 4.12. The van der Waals surface area contributed by atoms with Crippen molar-refractivity contribution in [1.29, 1.82) is 0 Å². The lowest BCUT2D eigenvalue weighted by molar-refractivity contribution is -0.120. The van der Waals surface area contributed by atoms with Crippen LogP contribution in [-0.4, -0.2) is 31.5 Å². The number of carbonyl (C=O) groups is 1. The molecule has 1 heterocycles. The van der Waals surface area contributed by atoms with Gasteiger partial charge in [0.05, 0.1) is 19.4 Å². The van der Waals surface area contributed by atoms with Crippen LogP contribution in [0, 0.1) is 0 Å². The molecule has 3 N–H and O–H groups in total. The second kappa shape index (κ2) is 6.09. The van der Waals surface area contributed by atoms with Gasteiger partial charge in [-0.15, -0.1) is 0 Å². The number of carbonyl (C=O) groups excluding carboxylic acids is 1. The smallest absolute Gasteiger partial charge is 0.239 e. The summed E-state index contributed by atoms with van der Waals surface area (Å²) in [5, 5.41) is 8.93. The van der Waals surface area contributed by atoms with Crippen LogP contribution >= 0.6 is 0 Å². The van der Waals surface area contributed by atoms with Gasteiger partial charge < -0.3 is 20.4 Å². The average Bonchev–Trinajstić information content (AvgIpc) is 3.04. The van der Waals surface area contributed by atoms with Gasteiger partial charge in [-0.3, -0.25) is 9.79 Å². The maximum atomic E-state index is 11.6. The highest BCUT2D eigenvalue weighted by atomic mass is 16.3. The predicted octanol–water partition coefficient (Wildman–Crippen LogP) is 0.223. The van der Waals surface area contributed by atoms with Crippen LogP contribution in [0.4, 0.5) is 0 Å². The molecule has 0 bridgehead atoms. The SMILES string of the molecule is CN=C(NCC(=O)NCc1ccco1)NC1CC1. The van der Waals surface area contributed by atoms with E-state index in [1.165, 1.54) is 12.8 Å². The Hall–Kier alpha value is -1.98. The van der Waals surface area contributed by atoms with Crippen LogP contribution in [0.15, 0.2) is 27.8 Å². The van der Waals surface area contributed by atoms with Gasteiger partial charge in [-0.1, -0.05) is 0 Å². The first-order chi connectivity index (χ1) is 8.78. The number of rotatable bonds is 5. The molecule has 0 spiro atoms. The third-order valence-electron chi connectivity index (χ3n) is 2.60. The van der Waals surface area contributed by atoms with Crippen molar-refractivity contribution in [3.63, 3.8) is 0 Å². The summed E-state index contributed by atoms with van der Waals surface area (Å²) >= 11 is 0. The molecule has 98 valence electrons. The van der Waals surface area contributed by atoms with Gasteiger partial charge in [0.15, 0.2) is 5.96 Å². The lowest BCUT2D eigenvalue weighted by Gasteiger charge is -2.10. The number of hydrogen-bond acceptors (Lipinski definition) is 3. The van der Waals surface area contributed by atoms with Crippen LogP contribution in [0.5, 0.6) is 0 Å². The normalized spacial score (nSPS) is 15.3. The van der Waals surface area contributed by atoms with E-state index < -0.39 is 0 Å². The van der Waals surface area contributed by atoms with Crippen molar-refractivity contribution in [3.05, 3.63) is 24.2 Å². The summed E-state index contributed by atoms with van der Waals surface area (Å²) in [6, 6.07) is 4.13. The van der Waals surface area contributed by atoms with E-state index in [-0.39, 0.29) is 12.5 Å². The molecule has 6 heteroatoms. The Kier molecular flexibility index (Phi) is 4.22. The van der Waals surface area contributed by atoms with E-state index in [1.807, 2.05) is 6.07 Å². The summed E-state index contributed by atoms with van der Waals surface area (Å²) in [5.74, 6) is 1.32. The average molecular weight is 250 g/mol. The van der Waals surface area contributed by atoms with Gasteiger partial charge >= 0.3 is 0 Å². The van der Waals surface area contributed by atoms with Crippen LogP contribution in [0.3, 0.4) is 0 Å². The van der Waals surface area contributed by atoms with Gasteiger partial charge in [-0.2, -0.15) is 0 Å². The van der Waals surface area contributed by atoms with Crippen molar-refractivity contribution in [2.24, 2.45) is 4.99 Å². The van der Waals surface area contributed by atoms with Crippen molar-refractivity contribution in [1.82, 2.24) is 16.0 Å². The number of nitrogens with one attached hydrogen (secondary N) is 3. The second-order valence-electron chi connectivity index (χ2n) is 4.20. The predicted molar refractivity (Wildman–Crippen MR) is 68.1 cm³/mol. The fraction of sp³-hybridized carbons (Fsp3) is 0.500. The fourth-order valence-corrected chi connectivity index (χ4v) is 1.44. The highest BCUT2D eigenvalue weighted by Gasteiger charge is 2.22. The Morgan fingerprint density at radius 3 is 2.94 bits per heavy atom. The Bertz CT molecular complexity index is 410. The molecule has 0 aliphatic heterocycles. The summed E-state index contributed by atoms with van der Waals surface area (Å²) in [6.07, 6.45) is 3.93. The summed E-state index contributed by atoms with van der Waals surface area (Å²) in [7, 11) is 1.69.